The molecule has 0 atom stereocenters. The predicted molar refractivity (Wildman–Crippen MR) is 107 cm³/mol. The molecule has 2 aromatic rings. The molecule has 1 aromatic heterocycles. The molecule has 1 aliphatic rings. The number of aromatic nitrogens is 1. The minimum Gasteiger partial charge on any atom is -0.497 e. The zero-order valence-electron chi connectivity index (χ0n) is 15.5. The van der Waals surface area contributed by atoms with Crippen LogP contribution in [0.15, 0.2) is 35.4 Å². The topological polar surface area (TPSA) is 75.0 Å². The van der Waals surface area contributed by atoms with Crippen molar-refractivity contribution in [2.75, 3.05) is 18.2 Å². The molecular weight excluding hydrogens is 358 g/mol. The van der Waals surface area contributed by atoms with E-state index in [0.717, 1.165) is 36.4 Å². The summed E-state index contributed by atoms with van der Waals surface area (Å²) in [6.45, 7) is 0. The first-order chi connectivity index (χ1) is 13.2. The van der Waals surface area contributed by atoms with Crippen LogP contribution in [0.25, 0.3) is 0 Å². The molecule has 0 radical (unpaired) electrons. The number of pyridine rings is 1. The fourth-order valence-electron chi connectivity index (χ4n) is 3.15. The third-order valence-corrected chi connectivity index (χ3v) is 5.55. The smallest absolute Gasteiger partial charge is 0.225 e. The number of hydrogen-bond acceptors (Lipinski definition) is 5. The molecule has 3 rings (SSSR count). The van der Waals surface area contributed by atoms with E-state index in [1.807, 2.05) is 24.3 Å². The number of fused-ring (bicyclic) bond motifs is 1. The highest BCUT2D eigenvalue weighted by atomic mass is 32.2. The van der Waals surface area contributed by atoms with E-state index in [4.69, 9.17) is 9.72 Å². The highest BCUT2D eigenvalue weighted by Gasteiger charge is 2.15. The molecule has 1 aromatic carbocycles. The zero-order chi connectivity index (χ0) is 19.1. The molecular formula is C21H23N3O2S. The summed E-state index contributed by atoms with van der Waals surface area (Å²) in [5, 5.41) is 13.1. The van der Waals surface area contributed by atoms with Crippen LogP contribution in [0.5, 0.6) is 5.75 Å². The Morgan fingerprint density at radius 3 is 2.96 bits per heavy atom. The zero-order valence-corrected chi connectivity index (χ0v) is 16.3. The fourth-order valence-corrected chi connectivity index (χ4v) is 4.06. The van der Waals surface area contributed by atoms with Crippen molar-refractivity contribution < 1.29 is 9.53 Å². The lowest BCUT2D eigenvalue weighted by Gasteiger charge is -2.10. The molecule has 0 bridgehead atoms. The van der Waals surface area contributed by atoms with E-state index in [9.17, 15) is 10.1 Å². The molecule has 0 unspecified atom stereocenters. The normalized spacial score (nSPS) is 13.2. The van der Waals surface area contributed by atoms with Gasteiger partial charge in [-0.25, -0.2) is 4.98 Å². The summed E-state index contributed by atoms with van der Waals surface area (Å²) in [6, 6.07) is 11.5. The lowest BCUT2D eigenvalue weighted by atomic mass is 10.1. The second kappa shape index (κ2) is 9.43. The average Bonchev–Trinajstić information content (AvgIpc) is 2.92. The molecule has 0 spiro atoms. The van der Waals surface area contributed by atoms with Gasteiger partial charge in [-0.05, 0) is 49.4 Å². The van der Waals surface area contributed by atoms with Gasteiger partial charge in [0.25, 0.3) is 0 Å². The minimum absolute atomic E-state index is 0.0657. The van der Waals surface area contributed by atoms with Crippen LogP contribution in [0, 0.1) is 11.3 Å². The summed E-state index contributed by atoms with van der Waals surface area (Å²) in [5.41, 5.74) is 3.66. The number of hydrogen-bond donors (Lipinski definition) is 1. The third-order valence-electron chi connectivity index (χ3n) is 4.56. The first-order valence-electron chi connectivity index (χ1n) is 9.19. The largest absolute Gasteiger partial charge is 0.497 e. The third kappa shape index (κ3) is 5.24. The second-order valence-corrected chi connectivity index (χ2v) is 7.58. The number of benzene rings is 1. The maximum atomic E-state index is 12.2. The summed E-state index contributed by atoms with van der Waals surface area (Å²) < 4.78 is 5.16. The van der Waals surface area contributed by atoms with Crippen LogP contribution < -0.4 is 10.1 Å². The van der Waals surface area contributed by atoms with Gasteiger partial charge in [-0.15, -0.1) is 11.8 Å². The number of nitrogens with one attached hydrogen (secondary N) is 1. The van der Waals surface area contributed by atoms with Crippen molar-refractivity contribution in [3.63, 3.8) is 0 Å². The number of amides is 1. The van der Waals surface area contributed by atoms with Crippen LogP contribution in [0.1, 0.15) is 42.5 Å². The monoisotopic (exact) mass is 381 g/mol. The standard InChI is InChI=1S/C21H23N3O2S/c1-26-18-8-5-7-17(13-18)23-20(25)10-11-27-21-16(14-22)12-15-6-3-2-4-9-19(15)24-21/h5,7-8,12-13H,2-4,6,9-11H2,1H3,(H,23,25). The molecule has 0 fully saturated rings. The number of methoxy groups -OCH3 is 1. The van der Waals surface area contributed by atoms with E-state index in [1.165, 1.54) is 23.7 Å². The van der Waals surface area contributed by atoms with E-state index in [0.29, 0.717) is 29.2 Å². The number of ether oxygens (including phenoxy) is 1. The van der Waals surface area contributed by atoms with Gasteiger partial charge < -0.3 is 10.1 Å². The number of carbonyl (C=O) groups is 1. The Bertz CT molecular complexity index is 861. The molecule has 140 valence electrons. The van der Waals surface area contributed by atoms with Crippen molar-refractivity contribution in [3.05, 3.63) is 47.2 Å². The summed E-state index contributed by atoms with van der Waals surface area (Å²) in [7, 11) is 1.60. The second-order valence-electron chi connectivity index (χ2n) is 6.50. The molecule has 1 aliphatic carbocycles. The Kier molecular flexibility index (Phi) is 6.72. The van der Waals surface area contributed by atoms with Gasteiger partial charge in [0.2, 0.25) is 5.91 Å². The number of rotatable bonds is 6. The van der Waals surface area contributed by atoms with Crippen molar-refractivity contribution >= 4 is 23.4 Å². The van der Waals surface area contributed by atoms with Crippen molar-refractivity contribution in [2.24, 2.45) is 0 Å². The van der Waals surface area contributed by atoms with Gasteiger partial charge in [0.1, 0.15) is 16.8 Å². The molecule has 1 heterocycles. The van der Waals surface area contributed by atoms with Gasteiger partial charge in [-0.3, -0.25) is 4.79 Å². The van der Waals surface area contributed by atoms with Crippen LogP contribution in [0.2, 0.25) is 0 Å². The van der Waals surface area contributed by atoms with Gasteiger partial charge in [0, 0.05) is 29.6 Å². The van der Waals surface area contributed by atoms with Gasteiger partial charge >= 0.3 is 0 Å². The summed E-state index contributed by atoms with van der Waals surface area (Å²) >= 11 is 1.48. The van der Waals surface area contributed by atoms with Crippen molar-refractivity contribution in [1.82, 2.24) is 4.98 Å². The van der Waals surface area contributed by atoms with E-state index in [1.54, 1.807) is 13.2 Å². The Balaban J connectivity index is 1.59. The molecule has 6 heteroatoms. The highest BCUT2D eigenvalue weighted by molar-refractivity contribution is 7.99. The number of anilines is 1. The maximum absolute atomic E-state index is 12.2. The first-order valence-corrected chi connectivity index (χ1v) is 10.2. The maximum Gasteiger partial charge on any atom is 0.225 e. The van der Waals surface area contributed by atoms with Crippen LogP contribution in [0.4, 0.5) is 5.69 Å². The van der Waals surface area contributed by atoms with Crippen molar-refractivity contribution in [2.45, 2.75) is 43.6 Å². The molecule has 0 saturated carbocycles. The summed E-state index contributed by atoms with van der Waals surface area (Å²) in [6.07, 6.45) is 5.86. The fraction of sp³-hybridized carbons (Fsp3) is 0.381. The van der Waals surface area contributed by atoms with E-state index in [-0.39, 0.29) is 5.91 Å². The van der Waals surface area contributed by atoms with E-state index < -0.39 is 0 Å². The molecule has 5 nitrogen and oxygen atoms in total. The quantitative estimate of drug-likeness (QED) is 0.595. The van der Waals surface area contributed by atoms with Gasteiger partial charge in [0.05, 0.1) is 12.7 Å². The van der Waals surface area contributed by atoms with E-state index >= 15 is 0 Å². The van der Waals surface area contributed by atoms with Crippen LogP contribution in [-0.4, -0.2) is 23.8 Å². The SMILES string of the molecule is COc1cccc(NC(=O)CCSc2nc3c(cc2C#N)CCCCC3)c1. The van der Waals surface area contributed by atoms with Gasteiger partial charge in [0.15, 0.2) is 0 Å². The Hall–Kier alpha value is -2.52. The molecule has 1 N–H and O–H groups in total. The Morgan fingerprint density at radius 2 is 2.15 bits per heavy atom. The number of aryl methyl sites for hydroxylation is 2. The number of carbonyl (C=O) groups excluding carboxylic acids is 1. The predicted octanol–water partition coefficient (Wildman–Crippen LogP) is 4.35. The van der Waals surface area contributed by atoms with Crippen molar-refractivity contribution in [3.8, 4) is 11.8 Å². The first kappa shape index (κ1) is 19.2. The number of thioether (sulfide) groups is 1. The lowest BCUT2D eigenvalue weighted by Crippen LogP contribution is -2.12. The van der Waals surface area contributed by atoms with Gasteiger partial charge in [-0.2, -0.15) is 5.26 Å². The van der Waals surface area contributed by atoms with Crippen LogP contribution in [-0.2, 0) is 17.6 Å². The molecule has 0 saturated heterocycles. The summed E-state index contributed by atoms with van der Waals surface area (Å²) in [5.74, 6) is 1.22. The molecule has 1 amide bonds. The summed E-state index contributed by atoms with van der Waals surface area (Å²) in [4.78, 5) is 16.9. The highest BCUT2D eigenvalue weighted by Crippen LogP contribution is 2.27. The van der Waals surface area contributed by atoms with Crippen molar-refractivity contribution in [1.29, 1.82) is 5.26 Å². The Labute approximate surface area is 164 Å². The Morgan fingerprint density at radius 1 is 1.30 bits per heavy atom. The number of nitrogens with zero attached hydrogens (tertiary/aromatic N) is 2. The lowest BCUT2D eigenvalue weighted by molar-refractivity contribution is -0.115. The van der Waals surface area contributed by atoms with Crippen LogP contribution >= 0.6 is 11.8 Å². The average molecular weight is 382 g/mol. The van der Waals surface area contributed by atoms with Gasteiger partial charge in [-0.1, -0.05) is 12.5 Å². The minimum atomic E-state index is -0.0657. The number of nitriles is 1. The van der Waals surface area contributed by atoms with Crippen LogP contribution in [0.3, 0.4) is 0 Å². The molecule has 27 heavy (non-hydrogen) atoms. The molecule has 0 aliphatic heterocycles. The van der Waals surface area contributed by atoms with E-state index in [2.05, 4.69) is 11.4 Å².